The third-order valence-electron chi connectivity index (χ3n) is 3.26. The van der Waals surface area contributed by atoms with E-state index in [1.807, 2.05) is 0 Å². The van der Waals surface area contributed by atoms with E-state index in [4.69, 9.17) is 4.74 Å². The van der Waals surface area contributed by atoms with Crippen LogP contribution < -0.4 is 5.32 Å². The second-order valence-electron chi connectivity index (χ2n) is 4.48. The van der Waals surface area contributed by atoms with Crippen molar-refractivity contribution in [3.05, 3.63) is 16.3 Å². The molecule has 1 aromatic rings. The van der Waals surface area contributed by atoms with Crippen LogP contribution in [0.3, 0.4) is 0 Å². The number of aromatic nitrogens is 1. The van der Waals surface area contributed by atoms with Crippen molar-refractivity contribution in [2.45, 2.75) is 31.7 Å². The third kappa shape index (κ3) is 3.40. The maximum absolute atomic E-state index is 11.4. The molecule has 104 valence electrons. The van der Waals surface area contributed by atoms with Crippen LogP contribution in [0.2, 0.25) is 0 Å². The van der Waals surface area contributed by atoms with Gasteiger partial charge in [0.15, 0.2) is 5.13 Å². The molecule has 0 aliphatic heterocycles. The molecule has 0 aromatic carbocycles. The van der Waals surface area contributed by atoms with Gasteiger partial charge in [0.1, 0.15) is 6.20 Å². The van der Waals surface area contributed by atoms with Crippen LogP contribution in [-0.4, -0.2) is 29.0 Å². The van der Waals surface area contributed by atoms with Crippen LogP contribution in [0.4, 0.5) is 10.1 Å². The molecule has 1 aliphatic carbocycles. The lowest BCUT2D eigenvalue weighted by atomic mass is 9.86. The van der Waals surface area contributed by atoms with Gasteiger partial charge in [0.25, 0.3) is 0 Å². The molecule has 7 nitrogen and oxygen atoms in total. The Hall–Kier alpha value is -1.70. The molecule has 0 atom stereocenters. The van der Waals surface area contributed by atoms with Crippen LogP contribution in [0.15, 0.2) is 6.20 Å². The SMILES string of the molecule is COC(=O)C1CCC(Nc2ncc([N+](=O)[O-])s2)CC1. The molecule has 1 fully saturated rings. The minimum atomic E-state index is -0.447. The fourth-order valence-electron chi connectivity index (χ4n) is 2.23. The molecule has 1 aliphatic rings. The summed E-state index contributed by atoms with van der Waals surface area (Å²) in [6.07, 6.45) is 4.49. The van der Waals surface area contributed by atoms with Gasteiger partial charge in [-0.25, -0.2) is 4.98 Å². The quantitative estimate of drug-likeness (QED) is 0.517. The Balaban J connectivity index is 1.85. The maximum atomic E-state index is 11.4. The van der Waals surface area contributed by atoms with Crippen molar-refractivity contribution in [2.24, 2.45) is 5.92 Å². The first kappa shape index (κ1) is 13.7. The van der Waals surface area contributed by atoms with Gasteiger partial charge in [0.2, 0.25) is 0 Å². The number of methoxy groups -OCH3 is 1. The largest absolute Gasteiger partial charge is 0.469 e. The molecule has 0 unspecified atom stereocenters. The zero-order valence-electron chi connectivity index (χ0n) is 10.5. The summed E-state index contributed by atoms with van der Waals surface area (Å²) in [7, 11) is 1.40. The number of anilines is 1. The lowest BCUT2D eigenvalue weighted by molar-refractivity contribution is -0.380. The zero-order valence-corrected chi connectivity index (χ0v) is 11.3. The predicted octanol–water partition coefficient (Wildman–Crippen LogP) is 2.19. The van der Waals surface area contributed by atoms with Crippen molar-refractivity contribution >= 4 is 27.4 Å². The molecule has 8 heteroatoms. The topological polar surface area (TPSA) is 94.4 Å². The van der Waals surface area contributed by atoms with Crippen molar-refractivity contribution in [1.29, 1.82) is 0 Å². The number of carbonyl (C=O) groups is 1. The van der Waals surface area contributed by atoms with Gasteiger partial charge in [-0.1, -0.05) is 0 Å². The number of nitro groups is 1. The van der Waals surface area contributed by atoms with Crippen LogP contribution in [0.5, 0.6) is 0 Å². The van der Waals surface area contributed by atoms with Gasteiger partial charge < -0.3 is 10.1 Å². The van der Waals surface area contributed by atoms with Gasteiger partial charge >= 0.3 is 11.0 Å². The molecular formula is C11H15N3O4S. The minimum Gasteiger partial charge on any atom is -0.469 e. The molecule has 0 radical (unpaired) electrons. The summed E-state index contributed by atoms with van der Waals surface area (Å²) >= 11 is 1.03. The van der Waals surface area contributed by atoms with E-state index in [0.717, 1.165) is 37.0 Å². The van der Waals surface area contributed by atoms with Crippen molar-refractivity contribution in [3.8, 4) is 0 Å². The van der Waals surface area contributed by atoms with Crippen LogP contribution >= 0.6 is 11.3 Å². The lowest BCUT2D eigenvalue weighted by Crippen LogP contribution is -2.29. The van der Waals surface area contributed by atoms with Gasteiger partial charge in [-0.15, -0.1) is 0 Å². The number of thiazole rings is 1. The smallest absolute Gasteiger partial charge is 0.345 e. The standard InChI is InChI=1S/C11H15N3O4S/c1-18-10(15)7-2-4-8(5-3-7)13-11-12-6-9(19-11)14(16)17/h6-8H,2-5H2,1H3,(H,12,13). The fourth-order valence-corrected chi connectivity index (χ4v) is 2.94. The molecule has 1 saturated carbocycles. The zero-order chi connectivity index (χ0) is 13.8. The summed E-state index contributed by atoms with van der Waals surface area (Å²) in [5.41, 5.74) is 0. The number of nitrogens with one attached hydrogen (secondary N) is 1. The highest BCUT2D eigenvalue weighted by Gasteiger charge is 2.27. The summed E-state index contributed by atoms with van der Waals surface area (Å²) in [4.78, 5) is 25.5. The molecule has 19 heavy (non-hydrogen) atoms. The van der Waals surface area contributed by atoms with E-state index in [9.17, 15) is 14.9 Å². The first-order valence-electron chi connectivity index (χ1n) is 6.04. The summed E-state index contributed by atoms with van der Waals surface area (Å²) in [5.74, 6) is -0.169. The summed E-state index contributed by atoms with van der Waals surface area (Å²) < 4.78 is 4.73. The Morgan fingerprint density at radius 3 is 2.74 bits per heavy atom. The average molecular weight is 285 g/mol. The summed E-state index contributed by atoms with van der Waals surface area (Å²) in [6.45, 7) is 0. The molecule has 0 amide bonds. The Morgan fingerprint density at radius 2 is 2.21 bits per heavy atom. The van der Waals surface area contributed by atoms with E-state index in [1.54, 1.807) is 0 Å². The Kier molecular flexibility index (Phi) is 4.31. The normalized spacial score (nSPS) is 22.8. The second kappa shape index (κ2) is 5.96. The van der Waals surface area contributed by atoms with Gasteiger partial charge in [-0.2, -0.15) is 0 Å². The van der Waals surface area contributed by atoms with E-state index in [2.05, 4.69) is 10.3 Å². The van der Waals surface area contributed by atoms with Gasteiger partial charge in [0, 0.05) is 6.04 Å². The number of rotatable bonds is 4. The number of ether oxygens (including phenoxy) is 1. The van der Waals surface area contributed by atoms with Gasteiger partial charge in [0.05, 0.1) is 18.0 Å². The number of hydrogen-bond acceptors (Lipinski definition) is 7. The lowest BCUT2D eigenvalue weighted by Gasteiger charge is -2.27. The fraction of sp³-hybridized carbons (Fsp3) is 0.636. The monoisotopic (exact) mass is 285 g/mol. The average Bonchev–Trinajstić information content (AvgIpc) is 2.87. The van der Waals surface area contributed by atoms with Gasteiger partial charge in [-0.3, -0.25) is 14.9 Å². The number of esters is 1. The number of nitrogens with zero attached hydrogens (tertiary/aromatic N) is 2. The first-order valence-corrected chi connectivity index (χ1v) is 6.86. The predicted molar refractivity (Wildman–Crippen MR) is 70.2 cm³/mol. The van der Waals surface area contributed by atoms with Crippen molar-refractivity contribution in [2.75, 3.05) is 12.4 Å². The number of carbonyl (C=O) groups excluding carboxylic acids is 1. The van der Waals surface area contributed by atoms with Crippen LogP contribution in [0, 0.1) is 16.0 Å². The Labute approximate surface area is 114 Å². The molecule has 0 bridgehead atoms. The number of hydrogen-bond donors (Lipinski definition) is 1. The van der Waals surface area contributed by atoms with E-state index in [-0.39, 0.29) is 22.9 Å². The van der Waals surface area contributed by atoms with Crippen LogP contribution in [0.25, 0.3) is 0 Å². The first-order chi connectivity index (χ1) is 9.10. The maximum Gasteiger partial charge on any atom is 0.345 e. The van der Waals surface area contributed by atoms with Crippen LogP contribution in [-0.2, 0) is 9.53 Å². The molecular weight excluding hydrogens is 270 g/mol. The molecule has 0 saturated heterocycles. The van der Waals surface area contributed by atoms with E-state index in [0.29, 0.717) is 5.13 Å². The van der Waals surface area contributed by atoms with Crippen LogP contribution in [0.1, 0.15) is 25.7 Å². The van der Waals surface area contributed by atoms with E-state index >= 15 is 0 Å². The van der Waals surface area contributed by atoms with Crippen molar-refractivity contribution < 1.29 is 14.5 Å². The van der Waals surface area contributed by atoms with Crippen molar-refractivity contribution in [1.82, 2.24) is 4.98 Å². The highest BCUT2D eigenvalue weighted by molar-refractivity contribution is 7.18. The third-order valence-corrected chi connectivity index (χ3v) is 4.14. The molecule has 0 spiro atoms. The van der Waals surface area contributed by atoms with E-state index < -0.39 is 4.92 Å². The highest BCUT2D eigenvalue weighted by Crippen LogP contribution is 2.30. The molecule has 1 N–H and O–H groups in total. The summed E-state index contributed by atoms with van der Waals surface area (Å²) in [5, 5.41) is 14.3. The molecule has 1 heterocycles. The minimum absolute atomic E-state index is 0.0197. The molecule has 1 aromatic heterocycles. The molecule has 2 rings (SSSR count). The summed E-state index contributed by atoms with van der Waals surface area (Å²) in [6, 6.07) is 0.215. The Bertz CT molecular complexity index is 468. The Morgan fingerprint density at radius 1 is 1.53 bits per heavy atom. The van der Waals surface area contributed by atoms with Crippen molar-refractivity contribution in [3.63, 3.8) is 0 Å². The second-order valence-corrected chi connectivity index (χ2v) is 5.49. The highest BCUT2D eigenvalue weighted by atomic mass is 32.1. The van der Waals surface area contributed by atoms with Gasteiger partial charge in [-0.05, 0) is 37.0 Å². The van der Waals surface area contributed by atoms with E-state index in [1.165, 1.54) is 13.3 Å².